The minimum Gasteiger partial charge on any atom is -0.496 e. The molecule has 0 aliphatic heterocycles. The number of aryl methyl sites for hydroxylation is 1. The van der Waals surface area contributed by atoms with Gasteiger partial charge in [-0.2, -0.15) is 18.3 Å². The van der Waals surface area contributed by atoms with Crippen LogP contribution in [0.4, 0.5) is 24.8 Å². The van der Waals surface area contributed by atoms with Gasteiger partial charge in [0.2, 0.25) is 5.95 Å². The average Bonchev–Trinajstić information content (AvgIpc) is 3.56. The van der Waals surface area contributed by atoms with Crippen molar-refractivity contribution in [2.24, 2.45) is 0 Å². The molecule has 11 heteroatoms. The number of nitrogens with zero attached hydrogens (tertiary/aromatic N) is 5. The SMILES string of the molecule is COc1cc(Nc2nc(-c3ccc(-n4cccn4)cc3)cc(C(F)(F)F)n2)ccc1-c1nc(C)c[nH]1. The summed E-state index contributed by atoms with van der Waals surface area (Å²) in [6, 6.07) is 14.7. The number of hydrogen-bond donors (Lipinski definition) is 2. The second-order valence-corrected chi connectivity index (χ2v) is 7.89. The van der Waals surface area contributed by atoms with Crippen LogP contribution in [0.2, 0.25) is 0 Å². The first-order valence-electron chi connectivity index (χ1n) is 10.8. The van der Waals surface area contributed by atoms with Crippen LogP contribution in [-0.2, 0) is 6.18 Å². The zero-order valence-electron chi connectivity index (χ0n) is 19.2. The maximum atomic E-state index is 13.7. The van der Waals surface area contributed by atoms with Gasteiger partial charge in [0.05, 0.1) is 29.7 Å². The Hall–Kier alpha value is -4.67. The van der Waals surface area contributed by atoms with Gasteiger partial charge in [-0.05, 0) is 43.3 Å². The van der Waals surface area contributed by atoms with Crippen molar-refractivity contribution >= 4 is 11.6 Å². The molecule has 3 heterocycles. The first-order chi connectivity index (χ1) is 17.3. The summed E-state index contributed by atoms with van der Waals surface area (Å²) in [6.07, 6.45) is 0.529. The number of alkyl halides is 3. The van der Waals surface area contributed by atoms with Crippen LogP contribution in [0.3, 0.4) is 0 Å². The number of aromatic nitrogens is 6. The number of rotatable bonds is 6. The predicted octanol–water partition coefficient (Wildman–Crippen LogP) is 5.80. The summed E-state index contributed by atoms with van der Waals surface area (Å²) in [6.45, 7) is 1.86. The quantitative estimate of drug-likeness (QED) is 0.312. The standard InChI is InChI=1S/C25H20F3N7O/c1-15-14-29-23(31-15)19-9-6-17(12-21(19)36-2)32-24-33-20(13-22(34-24)25(26,27)28)16-4-7-18(8-5-16)35-11-3-10-30-35/h3-14H,1-2H3,(H,29,31)(H,32,33,34). The molecule has 0 atom stereocenters. The summed E-state index contributed by atoms with van der Waals surface area (Å²) < 4.78 is 48.1. The van der Waals surface area contributed by atoms with E-state index in [0.717, 1.165) is 17.4 Å². The van der Waals surface area contributed by atoms with Crippen LogP contribution in [0, 0.1) is 6.92 Å². The van der Waals surface area contributed by atoms with Gasteiger partial charge in [0, 0.05) is 35.9 Å². The number of benzene rings is 2. The van der Waals surface area contributed by atoms with Crippen molar-refractivity contribution < 1.29 is 17.9 Å². The molecule has 182 valence electrons. The zero-order valence-corrected chi connectivity index (χ0v) is 19.2. The summed E-state index contributed by atoms with van der Waals surface area (Å²) in [7, 11) is 1.50. The highest BCUT2D eigenvalue weighted by molar-refractivity contribution is 5.71. The van der Waals surface area contributed by atoms with E-state index in [-0.39, 0.29) is 11.6 Å². The van der Waals surface area contributed by atoms with Crippen molar-refractivity contribution in [2.75, 3.05) is 12.4 Å². The monoisotopic (exact) mass is 491 g/mol. The molecular weight excluding hydrogens is 471 g/mol. The lowest BCUT2D eigenvalue weighted by molar-refractivity contribution is -0.141. The Morgan fingerprint density at radius 1 is 1.00 bits per heavy atom. The Balaban J connectivity index is 1.49. The lowest BCUT2D eigenvalue weighted by atomic mass is 10.1. The predicted molar refractivity (Wildman–Crippen MR) is 128 cm³/mol. The lowest BCUT2D eigenvalue weighted by Gasteiger charge is -2.13. The summed E-state index contributed by atoms with van der Waals surface area (Å²) in [5.41, 5.74) is 2.32. The number of nitrogens with one attached hydrogen (secondary N) is 2. The second-order valence-electron chi connectivity index (χ2n) is 7.89. The number of anilines is 2. The number of aromatic amines is 1. The molecule has 2 aromatic carbocycles. The molecule has 0 radical (unpaired) electrons. The molecule has 0 bridgehead atoms. The number of hydrogen-bond acceptors (Lipinski definition) is 6. The summed E-state index contributed by atoms with van der Waals surface area (Å²) in [4.78, 5) is 15.5. The maximum Gasteiger partial charge on any atom is 0.433 e. The Bertz CT molecular complexity index is 1490. The normalized spacial score (nSPS) is 11.5. The number of ether oxygens (including phenoxy) is 1. The van der Waals surface area contributed by atoms with Crippen molar-refractivity contribution in [1.29, 1.82) is 0 Å². The van der Waals surface area contributed by atoms with Gasteiger partial charge in [0.15, 0.2) is 5.69 Å². The van der Waals surface area contributed by atoms with E-state index in [1.165, 1.54) is 7.11 Å². The Morgan fingerprint density at radius 3 is 2.44 bits per heavy atom. The van der Waals surface area contributed by atoms with E-state index >= 15 is 0 Å². The number of methoxy groups -OCH3 is 1. The number of halogens is 3. The zero-order chi connectivity index (χ0) is 25.3. The van der Waals surface area contributed by atoms with Crippen LogP contribution in [0.5, 0.6) is 5.75 Å². The van der Waals surface area contributed by atoms with Gasteiger partial charge in [0.25, 0.3) is 0 Å². The van der Waals surface area contributed by atoms with Crippen molar-refractivity contribution in [3.8, 4) is 34.1 Å². The molecule has 0 aliphatic rings. The van der Waals surface area contributed by atoms with E-state index in [4.69, 9.17) is 4.74 Å². The van der Waals surface area contributed by atoms with Crippen LogP contribution in [0.25, 0.3) is 28.3 Å². The molecule has 5 rings (SSSR count). The topological polar surface area (TPSA) is 93.5 Å². The van der Waals surface area contributed by atoms with Crippen molar-refractivity contribution in [1.82, 2.24) is 29.7 Å². The van der Waals surface area contributed by atoms with Crippen LogP contribution < -0.4 is 10.1 Å². The third-order valence-corrected chi connectivity index (χ3v) is 5.37. The van der Waals surface area contributed by atoms with Gasteiger partial charge in [0.1, 0.15) is 11.6 Å². The number of imidazole rings is 1. The average molecular weight is 491 g/mol. The summed E-state index contributed by atoms with van der Waals surface area (Å²) in [5.74, 6) is 0.905. The van der Waals surface area contributed by atoms with Gasteiger partial charge < -0.3 is 15.0 Å². The molecule has 36 heavy (non-hydrogen) atoms. The highest BCUT2D eigenvalue weighted by Crippen LogP contribution is 2.34. The lowest BCUT2D eigenvalue weighted by Crippen LogP contribution is -2.11. The van der Waals surface area contributed by atoms with Gasteiger partial charge in [-0.15, -0.1) is 0 Å². The fourth-order valence-electron chi connectivity index (χ4n) is 3.65. The Labute approximate surface area is 203 Å². The van der Waals surface area contributed by atoms with E-state index in [0.29, 0.717) is 28.4 Å². The molecule has 0 saturated heterocycles. The largest absolute Gasteiger partial charge is 0.496 e. The van der Waals surface area contributed by atoms with Crippen LogP contribution in [0.15, 0.2) is 73.2 Å². The van der Waals surface area contributed by atoms with Gasteiger partial charge in [-0.3, -0.25) is 0 Å². The smallest absolute Gasteiger partial charge is 0.433 e. The summed E-state index contributed by atoms with van der Waals surface area (Å²) >= 11 is 0. The molecule has 0 aliphatic carbocycles. The fraction of sp³-hybridized carbons (Fsp3) is 0.120. The van der Waals surface area contributed by atoms with Gasteiger partial charge in [-0.25, -0.2) is 19.6 Å². The van der Waals surface area contributed by atoms with E-state index in [1.54, 1.807) is 71.8 Å². The molecule has 3 aromatic heterocycles. The van der Waals surface area contributed by atoms with Crippen molar-refractivity contribution in [2.45, 2.75) is 13.1 Å². The van der Waals surface area contributed by atoms with E-state index < -0.39 is 11.9 Å². The first-order valence-corrected chi connectivity index (χ1v) is 10.8. The van der Waals surface area contributed by atoms with E-state index in [2.05, 4.69) is 30.4 Å². The molecule has 0 fully saturated rings. The molecular formula is C25H20F3N7O. The van der Waals surface area contributed by atoms with E-state index in [1.807, 2.05) is 6.92 Å². The third kappa shape index (κ3) is 4.76. The van der Waals surface area contributed by atoms with Crippen LogP contribution >= 0.6 is 0 Å². The number of H-pyrrole nitrogens is 1. The molecule has 5 aromatic rings. The highest BCUT2D eigenvalue weighted by Gasteiger charge is 2.34. The minimum atomic E-state index is -4.65. The minimum absolute atomic E-state index is 0.126. The first kappa shape index (κ1) is 23.1. The van der Waals surface area contributed by atoms with E-state index in [9.17, 15) is 13.2 Å². The maximum absolute atomic E-state index is 13.7. The van der Waals surface area contributed by atoms with Gasteiger partial charge >= 0.3 is 6.18 Å². The summed E-state index contributed by atoms with van der Waals surface area (Å²) in [5, 5.41) is 7.03. The fourth-order valence-corrected chi connectivity index (χ4v) is 3.65. The highest BCUT2D eigenvalue weighted by atomic mass is 19.4. The molecule has 8 nitrogen and oxygen atoms in total. The third-order valence-electron chi connectivity index (χ3n) is 5.37. The molecule has 0 amide bonds. The van der Waals surface area contributed by atoms with Crippen molar-refractivity contribution in [3.05, 3.63) is 84.6 Å². The Morgan fingerprint density at radius 2 is 1.81 bits per heavy atom. The van der Waals surface area contributed by atoms with Crippen molar-refractivity contribution in [3.63, 3.8) is 0 Å². The van der Waals surface area contributed by atoms with Crippen LogP contribution in [-0.4, -0.2) is 36.8 Å². The molecule has 0 saturated carbocycles. The molecule has 2 N–H and O–H groups in total. The second kappa shape index (κ2) is 9.17. The molecule has 0 unspecified atom stereocenters. The van der Waals surface area contributed by atoms with Gasteiger partial charge in [-0.1, -0.05) is 12.1 Å². The molecule has 0 spiro atoms. The Kier molecular flexibility index (Phi) is 5.88. The van der Waals surface area contributed by atoms with Crippen LogP contribution in [0.1, 0.15) is 11.4 Å².